The maximum Gasteiger partial charge on any atom is 0.142 e. The minimum Gasteiger partial charge on any atom is -0.486 e. The lowest BCUT2D eigenvalue weighted by Gasteiger charge is -2.10. The van der Waals surface area contributed by atoms with E-state index in [1.165, 1.54) is 4.88 Å². The van der Waals surface area contributed by atoms with Crippen LogP contribution in [-0.4, -0.2) is 12.0 Å². The van der Waals surface area contributed by atoms with E-state index < -0.39 is 0 Å². The molecule has 0 aliphatic carbocycles. The molecule has 2 heterocycles. The van der Waals surface area contributed by atoms with Gasteiger partial charge in [0.2, 0.25) is 0 Å². The van der Waals surface area contributed by atoms with Crippen molar-refractivity contribution in [3.63, 3.8) is 0 Å². The molecular weight excluding hydrogens is 232 g/mol. The first-order chi connectivity index (χ1) is 8.29. The third-order valence-corrected chi connectivity index (χ3v) is 3.22. The fourth-order valence-electron chi connectivity index (χ4n) is 1.57. The number of rotatable bonds is 5. The van der Waals surface area contributed by atoms with Gasteiger partial charge in [0.1, 0.15) is 12.4 Å². The van der Waals surface area contributed by atoms with Gasteiger partial charge < -0.3 is 10.1 Å². The lowest BCUT2D eigenvalue weighted by Crippen LogP contribution is -2.10. The van der Waals surface area contributed by atoms with Gasteiger partial charge in [-0.05, 0) is 37.6 Å². The van der Waals surface area contributed by atoms with Crippen LogP contribution in [0.15, 0.2) is 29.6 Å². The molecule has 0 amide bonds. The Labute approximate surface area is 105 Å². The Morgan fingerprint density at radius 2 is 2.24 bits per heavy atom. The Kier molecular flexibility index (Phi) is 4.12. The van der Waals surface area contributed by atoms with Crippen LogP contribution in [0.2, 0.25) is 0 Å². The van der Waals surface area contributed by atoms with E-state index >= 15 is 0 Å². The molecule has 2 rings (SSSR count). The molecule has 0 bridgehead atoms. The third kappa shape index (κ3) is 3.28. The first-order valence-corrected chi connectivity index (χ1v) is 6.44. The van der Waals surface area contributed by atoms with E-state index in [2.05, 4.69) is 21.7 Å². The molecule has 0 saturated heterocycles. The second-order valence-electron chi connectivity index (χ2n) is 3.80. The summed E-state index contributed by atoms with van der Waals surface area (Å²) < 4.78 is 5.80. The van der Waals surface area contributed by atoms with Gasteiger partial charge in [0, 0.05) is 17.1 Å². The van der Waals surface area contributed by atoms with Crippen LogP contribution in [0.1, 0.15) is 16.3 Å². The fraction of sp³-hybridized carbons (Fsp3) is 0.308. The molecule has 4 heteroatoms. The normalized spacial score (nSPS) is 10.5. The fourth-order valence-corrected chi connectivity index (χ4v) is 2.18. The number of ether oxygens (including phenoxy) is 1. The molecule has 0 saturated carbocycles. The average Bonchev–Trinajstić information content (AvgIpc) is 2.81. The molecule has 2 aromatic heterocycles. The van der Waals surface area contributed by atoms with Crippen LogP contribution in [0.3, 0.4) is 0 Å². The molecule has 0 spiro atoms. The van der Waals surface area contributed by atoms with Crippen molar-refractivity contribution >= 4 is 11.3 Å². The number of aryl methyl sites for hydroxylation is 1. The van der Waals surface area contributed by atoms with Gasteiger partial charge in [-0.1, -0.05) is 6.07 Å². The molecule has 17 heavy (non-hydrogen) atoms. The molecule has 0 aliphatic heterocycles. The van der Waals surface area contributed by atoms with Crippen LogP contribution in [-0.2, 0) is 13.2 Å². The Morgan fingerprint density at radius 1 is 1.35 bits per heavy atom. The van der Waals surface area contributed by atoms with Crippen molar-refractivity contribution in [2.75, 3.05) is 7.05 Å². The van der Waals surface area contributed by atoms with Crippen LogP contribution in [0, 0.1) is 6.92 Å². The van der Waals surface area contributed by atoms with Gasteiger partial charge in [-0.2, -0.15) is 0 Å². The summed E-state index contributed by atoms with van der Waals surface area (Å²) in [6.07, 6.45) is 0. The minimum atomic E-state index is 0.610. The maximum absolute atomic E-state index is 5.80. The number of hydrogen-bond acceptors (Lipinski definition) is 4. The first kappa shape index (κ1) is 12.1. The van der Waals surface area contributed by atoms with Crippen LogP contribution in [0.4, 0.5) is 0 Å². The maximum atomic E-state index is 5.80. The molecule has 1 N–H and O–H groups in total. The van der Waals surface area contributed by atoms with E-state index in [0.717, 1.165) is 23.7 Å². The number of thiophene rings is 1. The van der Waals surface area contributed by atoms with Gasteiger partial charge in [0.25, 0.3) is 0 Å². The Hall–Kier alpha value is -1.39. The van der Waals surface area contributed by atoms with Crippen molar-refractivity contribution in [3.05, 3.63) is 45.9 Å². The average molecular weight is 248 g/mol. The zero-order valence-electron chi connectivity index (χ0n) is 10.1. The summed E-state index contributed by atoms with van der Waals surface area (Å²) in [7, 11) is 1.91. The summed E-state index contributed by atoms with van der Waals surface area (Å²) in [5.41, 5.74) is 1.97. The molecule has 2 aromatic rings. The lowest BCUT2D eigenvalue weighted by atomic mass is 10.3. The second kappa shape index (κ2) is 5.80. The zero-order valence-corrected chi connectivity index (χ0v) is 10.9. The van der Waals surface area contributed by atoms with E-state index in [1.54, 1.807) is 11.3 Å². The summed E-state index contributed by atoms with van der Waals surface area (Å²) in [5.74, 6) is 0.860. The van der Waals surface area contributed by atoms with Crippen LogP contribution in [0.25, 0.3) is 0 Å². The quantitative estimate of drug-likeness (QED) is 0.883. The van der Waals surface area contributed by atoms with Gasteiger partial charge in [-0.15, -0.1) is 11.3 Å². The van der Waals surface area contributed by atoms with Gasteiger partial charge in [-0.3, -0.25) is 4.98 Å². The number of nitrogens with zero attached hydrogens (tertiary/aromatic N) is 1. The number of aromatic nitrogens is 1. The Bertz CT molecular complexity index is 468. The van der Waals surface area contributed by atoms with Crippen LogP contribution < -0.4 is 10.1 Å². The third-order valence-electron chi connectivity index (χ3n) is 2.37. The first-order valence-electron chi connectivity index (χ1n) is 5.56. The van der Waals surface area contributed by atoms with Crippen molar-refractivity contribution < 1.29 is 4.74 Å². The van der Waals surface area contributed by atoms with Crippen molar-refractivity contribution in [3.8, 4) is 5.75 Å². The Morgan fingerprint density at radius 3 is 2.94 bits per heavy atom. The molecule has 0 radical (unpaired) electrons. The van der Waals surface area contributed by atoms with E-state index in [0.29, 0.717) is 6.61 Å². The summed E-state index contributed by atoms with van der Waals surface area (Å²) >= 11 is 1.70. The standard InChI is InChI=1S/C13H16N2OS/c1-10-5-6-13(12(15-10)8-14-2)16-9-11-4-3-7-17-11/h3-7,14H,8-9H2,1-2H3. The van der Waals surface area contributed by atoms with Crippen molar-refractivity contribution in [1.82, 2.24) is 10.3 Å². The smallest absolute Gasteiger partial charge is 0.142 e. The highest BCUT2D eigenvalue weighted by Gasteiger charge is 2.05. The predicted octanol–water partition coefficient (Wildman–Crippen LogP) is 2.75. The van der Waals surface area contributed by atoms with Gasteiger partial charge >= 0.3 is 0 Å². The highest BCUT2D eigenvalue weighted by molar-refractivity contribution is 7.09. The molecule has 0 atom stereocenters. The van der Waals surface area contributed by atoms with E-state index in [9.17, 15) is 0 Å². The van der Waals surface area contributed by atoms with Gasteiger partial charge in [0.05, 0.1) is 5.69 Å². The largest absolute Gasteiger partial charge is 0.486 e. The molecule has 0 aromatic carbocycles. The molecule has 90 valence electrons. The van der Waals surface area contributed by atoms with Crippen molar-refractivity contribution in [2.45, 2.75) is 20.1 Å². The Balaban J connectivity index is 2.08. The van der Waals surface area contributed by atoms with Gasteiger partial charge in [-0.25, -0.2) is 0 Å². The summed E-state index contributed by atoms with van der Waals surface area (Å²) in [6, 6.07) is 8.07. The number of pyridine rings is 1. The molecule has 3 nitrogen and oxygen atoms in total. The van der Waals surface area contributed by atoms with Gasteiger partial charge in [0.15, 0.2) is 0 Å². The molecule has 0 unspecified atom stereocenters. The molecular formula is C13H16N2OS. The van der Waals surface area contributed by atoms with Crippen LogP contribution >= 0.6 is 11.3 Å². The second-order valence-corrected chi connectivity index (χ2v) is 4.83. The van der Waals surface area contributed by atoms with E-state index in [-0.39, 0.29) is 0 Å². The van der Waals surface area contributed by atoms with Crippen molar-refractivity contribution in [1.29, 1.82) is 0 Å². The number of hydrogen-bond donors (Lipinski definition) is 1. The van der Waals surface area contributed by atoms with Crippen LogP contribution in [0.5, 0.6) is 5.75 Å². The van der Waals surface area contributed by atoms with E-state index in [4.69, 9.17) is 4.74 Å². The van der Waals surface area contributed by atoms with Crippen molar-refractivity contribution in [2.24, 2.45) is 0 Å². The summed E-state index contributed by atoms with van der Waals surface area (Å²) in [4.78, 5) is 5.70. The SMILES string of the molecule is CNCc1nc(C)ccc1OCc1cccs1. The highest BCUT2D eigenvalue weighted by atomic mass is 32.1. The zero-order chi connectivity index (χ0) is 12.1. The number of nitrogens with one attached hydrogen (secondary N) is 1. The van der Waals surface area contributed by atoms with E-state index in [1.807, 2.05) is 32.2 Å². The lowest BCUT2D eigenvalue weighted by molar-refractivity contribution is 0.304. The molecule has 0 aliphatic rings. The highest BCUT2D eigenvalue weighted by Crippen LogP contribution is 2.19. The minimum absolute atomic E-state index is 0.610. The topological polar surface area (TPSA) is 34.2 Å². The molecule has 0 fully saturated rings. The summed E-state index contributed by atoms with van der Waals surface area (Å²) in [6.45, 7) is 3.32. The predicted molar refractivity (Wildman–Crippen MR) is 70.4 cm³/mol. The monoisotopic (exact) mass is 248 g/mol. The summed E-state index contributed by atoms with van der Waals surface area (Å²) in [5, 5.41) is 5.16.